The van der Waals surface area contributed by atoms with Gasteiger partial charge >= 0.3 is 18.1 Å². The smallest absolute Gasteiger partial charge is 0.480 e. The molecule has 9 N–H and O–H groups in total. The lowest BCUT2D eigenvalue weighted by atomic mass is 10.1. The molecule has 1 fully saturated rings. The highest BCUT2D eigenvalue weighted by Gasteiger charge is 2.44. The molecule has 0 bridgehead atoms. The molecule has 2 aromatic rings. The Bertz CT molecular complexity index is 1100. The Kier molecular flexibility index (Phi) is 10.5. The van der Waals surface area contributed by atoms with E-state index in [0.717, 1.165) is 0 Å². The number of aliphatic hydroxyl groups excluding tert-OH is 3. The number of aromatic nitrogens is 3. The fourth-order valence-corrected chi connectivity index (χ4v) is 2.78. The minimum atomic E-state index is -5.08. The van der Waals surface area contributed by atoms with E-state index in [9.17, 15) is 28.2 Å². The number of nitrogens with zero attached hydrogens (tertiary/aromatic N) is 4. The van der Waals surface area contributed by atoms with Crippen molar-refractivity contribution >= 4 is 28.8 Å². The summed E-state index contributed by atoms with van der Waals surface area (Å²) in [6, 6.07) is 1.26. The molecule has 1 aliphatic heterocycles. The van der Waals surface area contributed by atoms with Gasteiger partial charge in [-0.1, -0.05) is 13.8 Å². The first-order valence-electron chi connectivity index (χ1n) is 10.00. The first kappa shape index (κ1) is 30.5. The summed E-state index contributed by atoms with van der Waals surface area (Å²) in [5.41, 5.74) is 11.5. The summed E-state index contributed by atoms with van der Waals surface area (Å²) in [5.74, 6) is -3.53. The molecule has 0 amide bonds. The maximum absolute atomic E-state index is 10.6. The van der Waals surface area contributed by atoms with Crippen LogP contribution in [0.5, 0.6) is 0 Å². The van der Waals surface area contributed by atoms with E-state index >= 15 is 0 Å². The van der Waals surface area contributed by atoms with Crippen LogP contribution in [0.25, 0.3) is 11.0 Å². The lowest BCUT2D eigenvalue weighted by Gasteiger charge is -2.17. The molecule has 0 saturated carbocycles. The monoisotopic (exact) mass is 522 g/mol. The second-order valence-electron chi connectivity index (χ2n) is 7.66. The maximum Gasteiger partial charge on any atom is 0.490 e. The van der Waals surface area contributed by atoms with Gasteiger partial charge in [-0.3, -0.25) is 4.79 Å². The molecule has 3 heterocycles. The first-order valence-corrected chi connectivity index (χ1v) is 10.00. The maximum atomic E-state index is 10.6. The number of halogens is 3. The lowest BCUT2D eigenvalue weighted by Crippen LogP contribution is -2.34. The predicted octanol–water partition coefficient (Wildman–Crippen LogP) is -0.816. The number of nitriles is 1. The largest absolute Gasteiger partial charge is 0.490 e. The van der Waals surface area contributed by atoms with Crippen LogP contribution >= 0.6 is 0 Å². The number of alkyl halides is 3. The second-order valence-corrected chi connectivity index (χ2v) is 7.66. The van der Waals surface area contributed by atoms with Gasteiger partial charge in [0, 0.05) is 6.20 Å². The molecule has 0 spiro atoms. The lowest BCUT2D eigenvalue weighted by molar-refractivity contribution is -0.192. The van der Waals surface area contributed by atoms with E-state index in [2.05, 4.69) is 9.97 Å². The van der Waals surface area contributed by atoms with Crippen LogP contribution in [0.15, 0.2) is 12.5 Å². The van der Waals surface area contributed by atoms with E-state index < -0.39 is 55.3 Å². The minimum Gasteiger partial charge on any atom is -0.480 e. The van der Waals surface area contributed by atoms with Gasteiger partial charge < -0.3 is 46.3 Å². The summed E-state index contributed by atoms with van der Waals surface area (Å²) in [7, 11) is 0. The van der Waals surface area contributed by atoms with Crippen molar-refractivity contribution in [3.8, 4) is 6.07 Å². The SMILES string of the molecule is CC(C)[C@H](N)C(=O)O.N#Cc1cn([C@@H]2O[C@H](CO)[C@@H](O)[C@H]2O)c2ncnc(N)c12.O=C(O)C(F)(F)F. The fraction of sp³-hybridized carbons (Fsp3) is 0.526. The molecule has 17 heteroatoms. The van der Waals surface area contributed by atoms with Crippen LogP contribution in [0.1, 0.15) is 25.6 Å². The molecule has 2 aromatic heterocycles. The van der Waals surface area contributed by atoms with Gasteiger partial charge in [-0.25, -0.2) is 14.8 Å². The van der Waals surface area contributed by atoms with Crippen molar-refractivity contribution < 1.29 is 53.0 Å². The normalized spacial score (nSPS) is 22.1. The topological polar surface area (TPSA) is 251 Å². The zero-order valence-corrected chi connectivity index (χ0v) is 18.9. The molecule has 0 aliphatic carbocycles. The zero-order valence-electron chi connectivity index (χ0n) is 18.9. The molecule has 1 aliphatic rings. The van der Waals surface area contributed by atoms with E-state index in [0.29, 0.717) is 11.0 Å². The molecule has 0 aromatic carbocycles. The standard InChI is InChI=1S/C12H13N5O4.C5H11NO2.C2HF3O2/c13-1-5-2-17(11-7(5)10(14)15-4-16-11)12-9(20)8(19)6(3-18)21-12;1-3(2)4(6)5(7)8;3-2(4,5)1(6)7/h2,4,6,8-9,12,18-20H,3H2,(H2,14,15,16);3-4H,6H2,1-2H3,(H,7,8);(H,6,7)/t6-,8-,9-,12-;4-;/m10./s1. The molecule has 14 nitrogen and oxygen atoms in total. The average molecular weight is 522 g/mol. The number of nitrogens with two attached hydrogens (primary N) is 2. The number of aliphatic hydroxyl groups is 3. The number of hydrogen-bond donors (Lipinski definition) is 7. The summed E-state index contributed by atoms with van der Waals surface area (Å²) >= 11 is 0. The van der Waals surface area contributed by atoms with Crippen molar-refractivity contribution in [2.75, 3.05) is 12.3 Å². The number of nitrogen functional groups attached to an aromatic ring is 1. The van der Waals surface area contributed by atoms with Crippen molar-refractivity contribution in [3.63, 3.8) is 0 Å². The average Bonchev–Trinajstić information content (AvgIpc) is 3.31. The Hall–Kier alpha value is -3.56. The highest BCUT2D eigenvalue weighted by atomic mass is 19.4. The number of aliphatic carboxylic acids is 2. The van der Waals surface area contributed by atoms with Gasteiger partial charge in [0.1, 0.15) is 48.2 Å². The summed E-state index contributed by atoms with van der Waals surface area (Å²) in [6.07, 6.45) is -6.81. The van der Waals surface area contributed by atoms with Crippen molar-refractivity contribution in [2.24, 2.45) is 11.7 Å². The first-order chi connectivity index (χ1) is 16.6. The Balaban J connectivity index is 0.000000358. The van der Waals surface area contributed by atoms with Crippen LogP contribution in [0.4, 0.5) is 19.0 Å². The third-order valence-electron chi connectivity index (χ3n) is 4.80. The van der Waals surface area contributed by atoms with Gasteiger partial charge in [-0.05, 0) is 5.92 Å². The summed E-state index contributed by atoms with van der Waals surface area (Å²) in [4.78, 5) is 26.8. The van der Waals surface area contributed by atoms with Crippen LogP contribution in [-0.4, -0.2) is 89.1 Å². The van der Waals surface area contributed by atoms with Crippen LogP contribution in [0.2, 0.25) is 0 Å². The molecule has 200 valence electrons. The van der Waals surface area contributed by atoms with E-state index in [-0.39, 0.29) is 17.3 Å². The highest BCUT2D eigenvalue weighted by Crippen LogP contribution is 2.34. The number of ether oxygens (including phenoxy) is 1. The Morgan fingerprint density at radius 1 is 1.25 bits per heavy atom. The Morgan fingerprint density at radius 3 is 2.17 bits per heavy atom. The van der Waals surface area contributed by atoms with E-state index in [1.165, 1.54) is 17.1 Å². The van der Waals surface area contributed by atoms with Gasteiger partial charge in [-0.2, -0.15) is 18.4 Å². The van der Waals surface area contributed by atoms with Gasteiger partial charge in [0.2, 0.25) is 0 Å². The van der Waals surface area contributed by atoms with Crippen molar-refractivity contribution in [1.29, 1.82) is 5.26 Å². The zero-order chi connectivity index (χ0) is 28.0. The van der Waals surface area contributed by atoms with Crippen LogP contribution in [-0.2, 0) is 14.3 Å². The van der Waals surface area contributed by atoms with E-state index in [1.807, 2.05) is 6.07 Å². The molecule has 36 heavy (non-hydrogen) atoms. The van der Waals surface area contributed by atoms with Crippen molar-refractivity contribution in [3.05, 3.63) is 18.1 Å². The summed E-state index contributed by atoms with van der Waals surface area (Å²) in [6.45, 7) is 3.12. The summed E-state index contributed by atoms with van der Waals surface area (Å²) in [5, 5.41) is 53.9. The Labute approximate surface area is 201 Å². The number of rotatable bonds is 4. The van der Waals surface area contributed by atoms with Crippen molar-refractivity contribution in [1.82, 2.24) is 14.5 Å². The molecular weight excluding hydrogens is 497 g/mol. The van der Waals surface area contributed by atoms with Gasteiger partial charge in [0.05, 0.1) is 17.6 Å². The van der Waals surface area contributed by atoms with E-state index in [1.54, 1.807) is 13.8 Å². The minimum absolute atomic E-state index is 0.0208. The fourth-order valence-electron chi connectivity index (χ4n) is 2.78. The molecule has 0 radical (unpaired) electrons. The van der Waals surface area contributed by atoms with Crippen LogP contribution in [0, 0.1) is 17.2 Å². The number of fused-ring (bicyclic) bond motifs is 1. The van der Waals surface area contributed by atoms with Gasteiger partial charge in [0.15, 0.2) is 6.23 Å². The molecule has 0 unspecified atom stereocenters. The number of carboxylic acid groups (broad SMARTS) is 2. The number of hydrogen-bond acceptors (Lipinski definition) is 11. The summed E-state index contributed by atoms with van der Waals surface area (Å²) < 4.78 is 38.6. The quantitative estimate of drug-likeness (QED) is 0.259. The number of anilines is 1. The number of carbonyl (C=O) groups is 2. The molecule has 1 saturated heterocycles. The van der Waals surface area contributed by atoms with Crippen LogP contribution in [0.3, 0.4) is 0 Å². The third kappa shape index (κ3) is 7.22. The Morgan fingerprint density at radius 2 is 1.81 bits per heavy atom. The number of carboxylic acids is 2. The third-order valence-corrected chi connectivity index (χ3v) is 4.80. The van der Waals surface area contributed by atoms with Crippen molar-refractivity contribution in [2.45, 2.75) is 50.6 Å². The molecule has 3 rings (SSSR count). The van der Waals surface area contributed by atoms with Crippen LogP contribution < -0.4 is 11.5 Å². The van der Waals surface area contributed by atoms with E-state index in [4.69, 9.17) is 41.6 Å². The second kappa shape index (κ2) is 12.4. The predicted molar refractivity (Wildman–Crippen MR) is 114 cm³/mol. The molecule has 5 atom stereocenters. The van der Waals surface area contributed by atoms with Gasteiger partial charge in [0.25, 0.3) is 0 Å². The highest BCUT2D eigenvalue weighted by molar-refractivity contribution is 5.92. The van der Waals surface area contributed by atoms with Gasteiger partial charge in [-0.15, -0.1) is 0 Å². The molecular formula is C19H25F3N6O8.